The number of nitrogens with zero attached hydrogens (tertiary/aromatic N) is 2. The Morgan fingerprint density at radius 1 is 1.45 bits per heavy atom. The van der Waals surface area contributed by atoms with Gasteiger partial charge < -0.3 is 10.1 Å². The molecule has 0 saturated heterocycles. The van der Waals surface area contributed by atoms with E-state index in [-0.39, 0.29) is 0 Å². The van der Waals surface area contributed by atoms with Crippen molar-refractivity contribution in [2.75, 3.05) is 5.73 Å². The van der Waals surface area contributed by atoms with Crippen LogP contribution in [0.3, 0.4) is 0 Å². The van der Waals surface area contributed by atoms with E-state index in [1.165, 1.54) is 0 Å². The van der Waals surface area contributed by atoms with Gasteiger partial charge in [0.05, 0.1) is 9.26 Å². The minimum absolute atomic E-state index is 0.782. The third kappa shape index (κ3) is 0.973. The zero-order valence-corrected chi connectivity index (χ0v) is 7.82. The standard InChI is InChI=1S/C7H6IN3/c8-6-5(9)1-3-11-4-2-10-7(6)11/h1-4H,9H2. The van der Waals surface area contributed by atoms with Gasteiger partial charge in [-0.1, -0.05) is 0 Å². The van der Waals surface area contributed by atoms with Gasteiger partial charge in [0.1, 0.15) is 0 Å². The second kappa shape index (κ2) is 2.37. The van der Waals surface area contributed by atoms with E-state index in [1.54, 1.807) is 6.20 Å². The first kappa shape index (κ1) is 6.90. The molecule has 0 spiro atoms. The number of rotatable bonds is 0. The Kier molecular flexibility index (Phi) is 1.49. The van der Waals surface area contributed by atoms with E-state index < -0.39 is 0 Å². The van der Waals surface area contributed by atoms with Crippen LogP contribution in [-0.2, 0) is 0 Å². The topological polar surface area (TPSA) is 43.3 Å². The summed E-state index contributed by atoms with van der Waals surface area (Å²) in [6.45, 7) is 0. The molecule has 0 aliphatic carbocycles. The Hall–Kier alpha value is -0.780. The fraction of sp³-hybridized carbons (Fsp3) is 0. The second-order valence-electron chi connectivity index (χ2n) is 2.24. The third-order valence-electron chi connectivity index (χ3n) is 1.53. The number of fused-ring (bicyclic) bond motifs is 1. The summed E-state index contributed by atoms with van der Waals surface area (Å²) in [6.07, 6.45) is 5.56. The summed E-state index contributed by atoms with van der Waals surface area (Å²) >= 11 is 2.19. The van der Waals surface area contributed by atoms with E-state index in [0.29, 0.717) is 0 Å². The molecule has 0 radical (unpaired) electrons. The quantitative estimate of drug-likeness (QED) is 0.729. The Balaban J connectivity index is 2.93. The van der Waals surface area contributed by atoms with E-state index >= 15 is 0 Å². The fourth-order valence-corrected chi connectivity index (χ4v) is 1.56. The maximum atomic E-state index is 5.68. The molecule has 56 valence electrons. The molecule has 0 aliphatic heterocycles. The summed E-state index contributed by atoms with van der Waals surface area (Å²) < 4.78 is 2.95. The number of aromatic nitrogens is 2. The monoisotopic (exact) mass is 259 g/mol. The van der Waals surface area contributed by atoms with Gasteiger partial charge in [0.15, 0.2) is 5.65 Å². The number of halogens is 1. The molecule has 0 saturated carbocycles. The Labute approximate surface area is 77.4 Å². The molecule has 2 aromatic heterocycles. The molecule has 0 bridgehead atoms. The number of anilines is 1. The summed E-state index contributed by atoms with van der Waals surface area (Å²) in [6, 6.07) is 1.87. The minimum Gasteiger partial charge on any atom is -0.398 e. The van der Waals surface area contributed by atoms with Crippen LogP contribution in [0.2, 0.25) is 0 Å². The third-order valence-corrected chi connectivity index (χ3v) is 2.64. The number of nitrogen functional groups attached to an aromatic ring is 1. The molecule has 2 heterocycles. The minimum atomic E-state index is 0.782. The highest BCUT2D eigenvalue weighted by atomic mass is 127. The summed E-state index contributed by atoms with van der Waals surface area (Å²) in [4.78, 5) is 4.15. The normalized spacial score (nSPS) is 10.6. The second-order valence-corrected chi connectivity index (χ2v) is 3.32. The maximum Gasteiger partial charge on any atom is 0.152 e. The molecule has 11 heavy (non-hydrogen) atoms. The molecule has 0 amide bonds. The van der Waals surface area contributed by atoms with Gasteiger partial charge in [0.25, 0.3) is 0 Å². The molecule has 0 unspecified atom stereocenters. The predicted octanol–water partition coefficient (Wildman–Crippen LogP) is 1.52. The van der Waals surface area contributed by atoms with Gasteiger partial charge in [-0.2, -0.15) is 0 Å². The smallest absolute Gasteiger partial charge is 0.152 e. The highest BCUT2D eigenvalue weighted by Gasteiger charge is 2.01. The van der Waals surface area contributed by atoms with Crippen molar-refractivity contribution < 1.29 is 0 Å². The van der Waals surface area contributed by atoms with Crippen molar-refractivity contribution in [1.82, 2.24) is 9.38 Å². The number of hydrogen-bond donors (Lipinski definition) is 1. The predicted molar refractivity (Wildman–Crippen MR) is 52.3 cm³/mol. The lowest BCUT2D eigenvalue weighted by molar-refractivity contribution is 1.18. The maximum absolute atomic E-state index is 5.68. The van der Waals surface area contributed by atoms with Crippen LogP contribution in [-0.4, -0.2) is 9.38 Å². The van der Waals surface area contributed by atoms with E-state index in [2.05, 4.69) is 27.6 Å². The van der Waals surface area contributed by atoms with Crippen LogP contribution in [0.15, 0.2) is 24.7 Å². The van der Waals surface area contributed by atoms with Crippen molar-refractivity contribution in [3.63, 3.8) is 0 Å². The van der Waals surface area contributed by atoms with Gasteiger partial charge >= 0.3 is 0 Å². The number of imidazole rings is 1. The van der Waals surface area contributed by atoms with Crippen molar-refractivity contribution in [1.29, 1.82) is 0 Å². The largest absolute Gasteiger partial charge is 0.398 e. The molecule has 0 atom stereocenters. The van der Waals surface area contributed by atoms with Crippen molar-refractivity contribution in [3.8, 4) is 0 Å². The van der Waals surface area contributed by atoms with Crippen LogP contribution in [0.4, 0.5) is 5.69 Å². The van der Waals surface area contributed by atoms with Crippen LogP contribution in [0.1, 0.15) is 0 Å². The van der Waals surface area contributed by atoms with Gasteiger partial charge in [-0.05, 0) is 28.7 Å². The molecular weight excluding hydrogens is 253 g/mol. The number of hydrogen-bond acceptors (Lipinski definition) is 2. The van der Waals surface area contributed by atoms with E-state index in [0.717, 1.165) is 14.9 Å². The number of pyridine rings is 1. The lowest BCUT2D eigenvalue weighted by Crippen LogP contribution is -1.93. The van der Waals surface area contributed by atoms with Crippen LogP contribution in [0.25, 0.3) is 5.65 Å². The van der Waals surface area contributed by atoms with Crippen LogP contribution < -0.4 is 5.73 Å². The molecule has 0 fully saturated rings. The molecule has 3 nitrogen and oxygen atoms in total. The Morgan fingerprint density at radius 2 is 2.27 bits per heavy atom. The first-order valence-corrected chi connectivity index (χ1v) is 4.23. The SMILES string of the molecule is Nc1ccn2ccnc2c1I. The van der Waals surface area contributed by atoms with Gasteiger partial charge in [-0.3, -0.25) is 0 Å². The number of nitrogens with two attached hydrogens (primary N) is 1. The van der Waals surface area contributed by atoms with E-state index in [1.807, 2.05) is 22.9 Å². The Morgan fingerprint density at radius 3 is 3.09 bits per heavy atom. The van der Waals surface area contributed by atoms with Gasteiger partial charge in [-0.25, -0.2) is 4.98 Å². The first-order valence-electron chi connectivity index (χ1n) is 3.15. The lowest BCUT2D eigenvalue weighted by atomic mass is 10.4. The van der Waals surface area contributed by atoms with Crippen molar-refractivity contribution in [2.45, 2.75) is 0 Å². The summed E-state index contributed by atoms with van der Waals surface area (Å²) in [7, 11) is 0. The van der Waals surface area contributed by atoms with Gasteiger partial charge in [0.2, 0.25) is 0 Å². The molecule has 2 N–H and O–H groups in total. The Bertz CT molecular complexity index is 393. The highest BCUT2D eigenvalue weighted by Crippen LogP contribution is 2.18. The summed E-state index contributed by atoms with van der Waals surface area (Å²) in [5.74, 6) is 0. The van der Waals surface area contributed by atoms with E-state index in [9.17, 15) is 0 Å². The average molecular weight is 259 g/mol. The molecule has 2 aromatic rings. The van der Waals surface area contributed by atoms with Crippen LogP contribution in [0, 0.1) is 3.57 Å². The van der Waals surface area contributed by atoms with Crippen LogP contribution in [0.5, 0.6) is 0 Å². The van der Waals surface area contributed by atoms with Crippen molar-refractivity contribution in [2.24, 2.45) is 0 Å². The zero-order chi connectivity index (χ0) is 7.84. The molecule has 0 aromatic carbocycles. The summed E-state index contributed by atoms with van der Waals surface area (Å²) in [5, 5.41) is 0. The van der Waals surface area contributed by atoms with Gasteiger partial charge in [-0.15, -0.1) is 0 Å². The highest BCUT2D eigenvalue weighted by molar-refractivity contribution is 14.1. The van der Waals surface area contributed by atoms with Crippen molar-refractivity contribution in [3.05, 3.63) is 28.2 Å². The van der Waals surface area contributed by atoms with Gasteiger partial charge in [0, 0.05) is 18.6 Å². The molecular formula is C7H6IN3. The van der Waals surface area contributed by atoms with E-state index in [4.69, 9.17) is 5.73 Å². The first-order chi connectivity index (χ1) is 5.29. The fourth-order valence-electron chi connectivity index (χ4n) is 0.966. The molecule has 2 rings (SSSR count). The average Bonchev–Trinajstić information content (AvgIpc) is 2.45. The molecule has 0 aliphatic rings. The van der Waals surface area contributed by atoms with Crippen molar-refractivity contribution >= 4 is 33.9 Å². The van der Waals surface area contributed by atoms with Crippen LogP contribution >= 0.6 is 22.6 Å². The lowest BCUT2D eigenvalue weighted by Gasteiger charge is -1.98. The molecule has 4 heteroatoms. The zero-order valence-electron chi connectivity index (χ0n) is 5.66. The summed E-state index contributed by atoms with van der Waals surface area (Å²) in [5.41, 5.74) is 7.39.